The maximum absolute atomic E-state index is 6.24. The molecule has 0 radical (unpaired) electrons. The van der Waals surface area contributed by atoms with Gasteiger partial charge >= 0.3 is 0 Å². The number of likely N-dealkylation sites (tertiary alicyclic amines) is 1. The summed E-state index contributed by atoms with van der Waals surface area (Å²) in [4.78, 5) is 6.97. The molecule has 3 nitrogen and oxygen atoms in total. The molecule has 0 aliphatic carbocycles. The van der Waals surface area contributed by atoms with E-state index in [2.05, 4.69) is 22.9 Å². The van der Waals surface area contributed by atoms with Crippen LogP contribution in [0.4, 0.5) is 0 Å². The molecule has 1 aromatic heterocycles. The van der Waals surface area contributed by atoms with Crippen molar-refractivity contribution < 1.29 is 0 Å². The van der Waals surface area contributed by atoms with Crippen molar-refractivity contribution in [3.63, 3.8) is 0 Å². The third kappa shape index (κ3) is 3.32. The molecular weight excluding hydrogens is 305 g/mol. The summed E-state index contributed by atoms with van der Waals surface area (Å²) >= 11 is 6.24. The van der Waals surface area contributed by atoms with Crippen molar-refractivity contribution in [1.82, 2.24) is 9.88 Å². The zero-order chi connectivity index (χ0) is 14.2. The number of hydrogen-bond donors (Lipinski definition) is 1. The molecule has 0 spiro atoms. The lowest BCUT2D eigenvalue weighted by Gasteiger charge is -2.23. The van der Waals surface area contributed by atoms with Crippen molar-refractivity contribution in [2.45, 2.75) is 19.9 Å². The molecular formula is C16H21Cl2N3. The highest BCUT2D eigenvalue weighted by Gasteiger charge is 2.32. The summed E-state index contributed by atoms with van der Waals surface area (Å²) in [5.74, 6) is 0. The van der Waals surface area contributed by atoms with Crippen molar-refractivity contribution in [1.29, 1.82) is 0 Å². The first kappa shape index (κ1) is 16.5. The van der Waals surface area contributed by atoms with E-state index in [0.29, 0.717) is 0 Å². The Balaban J connectivity index is 0.00000161. The van der Waals surface area contributed by atoms with E-state index in [4.69, 9.17) is 17.3 Å². The maximum Gasteiger partial charge on any atom is 0.0761 e. The van der Waals surface area contributed by atoms with Gasteiger partial charge < -0.3 is 5.73 Å². The highest BCUT2D eigenvalue weighted by Crippen LogP contribution is 2.31. The van der Waals surface area contributed by atoms with Gasteiger partial charge in [-0.2, -0.15) is 0 Å². The summed E-state index contributed by atoms with van der Waals surface area (Å²) in [6, 6.07) is 8.02. The zero-order valence-electron chi connectivity index (χ0n) is 12.2. The maximum atomic E-state index is 6.24. The Morgan fingerprint density at radius 3 is 2.90 bits per heavy atom. The third-order valence-electron chi connectivity index (χ3n) is 4.32. The fraction of sp³-hybridized carbons (Fsp3) is 0.438. The van der Waals surface area contributed by atoms with Crippen molar-refractivity contribution in [2.75, 3.05) is 19.6 Å². The summed E-state index contributed by atoms with van der Waals surface area (Å²) in [6.07, 6.45) is 3.00. The monoisotopic (exact) mass is 325 g/mol. The van der Waals surface area contributed by atoms with Crippen LogP contribution in [-0.4, -0.2) is 29.5 Å². The Morgan fingerprint density at radius 1 is 1.38 bits per heavy atom. The van der Waals surface area contributed by atoms with Crippen LogP contribution in [0.2, 0.25) is 5.02 Å². The largest absolute Gasteiger partial charge is 0.330 e. The molecule has 1 aliphatic heterocycles. The fourth-order valence-electron chi connectivity index (χ4n) is 2.99. The lowest BCUT2D eigenvalue weighted by molar-refractivity contribution is 0.275. The van der Waals surface area contributed by atoms with E-state index in [0.717, 1.165) is 42.1 Å². The van der Waals surface area contributed by atoms with Gasteiger partial charge in [-0.15, -0.1) is 12.4 Å². The Morgan fingerprint density at radius 2 is 2.19 bits per heavy atom. The Kier molecular flexibility index (Phi) is 5.10. The van der Waals surface area contributed by atoms with Gasteiger partial charge in [-0.1, -0.05) is 24.6 Å². The molecule has 114 valence electrons. The predicted octanol–water partition coefficient (Wildman–Crippen LogP) is 3.48. The van der Waals surface area contributed by atoms with E-state index in [-0.39, 0.29) is 17.8 Å². The fourth-order valence-corrected chi connectivity index (χ4v) is 3.21. The first-order valence-electron chi connectivity index (χ1n) is 7.06. The molecule has 1 saturated heterocycles. The zero-order valence-corrected chi connectivity index (χ0v) is 13.8. The highest BCUT2D eigenvalue weighted by molar-refractivity contribution is 6.35. The van der Waals surface area contributed by atoms with Gasteiger partial charge in [0.2, 0.25) is 0 Å². The van der Waals surface area contributed by atoms with Crippen LogP contribution >= 0.6 is 24.0 Å². The van der Waals surface area contributed by atoms with Crippen LogP contribution in [0.3, 0.4) is 0 Å². The lowest BCUT2D eigenvalue weighted by atomic mass is 9.90. The highest BCUT2D eigenvalue weighted by atomic mass is 35.5. The van der Waals surface area contributed by atoms with Gasteiger partial charge in [0, 0.05) is 29.7 Å². The number of nitrogens with two attached hydrogens (primary N) is 1. The minimum atomic E-state index is 0. The number of hydrogen-bond acceptors (Lipinski definition) is 3. The van der Waals surface area contributed by atoms with Crippen LogP contribution in [0.1, 0.15) is 18.9 Å². The molecule has 0 amide bonds. The summed E-state index contributed by atoms with van der Waals surface area (Å²) in [5.41, 5.74) is 8.39. The van der Waals surface area contributed by atoms with Crippen molar-refractivity contribution >= 4 is 34.9 Å². The molecule has 3 rings (SSSR count). The van der Waals surface area contributed by atoms with Crippen LogP contribution in [0.25, 0.3) is 10.9 Å². The van der Waals surface area contributed by atoms with Crippen LogP contribution in [0.5, 0.6) is 0 Å². The number of fused-ring (bicyclic) bond motifs is 1. The first-order valence-corrected chi connectivity index (χ1v) is 7.44. The summed E-state index contributed by atoms with van der Waals surface area (Å²) in [6.45, 7) is 6.10. The lowest BCUT2D eigenvalue weighted by Crippen LogP contribution is -2.31. The van der Waals surface area contributed by atoms with Gasteiger partial charge in [-0.05, 0) is 48.7 Å². The van der Waals surface area contributed by atoms with E-state index < -0.39 is 0 Å². The third-order valence-corrected chi connectivity index (χ3v) is 4.65. The van der Waals surface area contributed by atoms with E-state index in [9.17, 15) is 0 Å². The Labute approximate surface area is 136 Å². The number of rotatable bonds is 3. The molecule has 2 heterocycles. The van der Waals surface area contributed by atoms with Crippen LogP contribution < -0.4 is 5.73 Å². The Hall–Kier alpha value is -0.870. The minimum Gasteiger partial charge on any atom is -0.330 e. The van der Waals surface area contributed by atoms with E-state index in [1.165, 1.54) is 12.0 Å². The second kappa shape index (κ2) is 6.49. The van der Waals surface area contributed by atoms with Gasteiger partial charge in [0.05, 0.1) is 5.52 Å². The molecule has 1 aromatic carbocycles. The van der Waals surface area contributed by atoms with E-state index >= 15 is 0 Å². The number of halogens is 2. The molecule has 5 heteroatoms. The second-order valence-corrected chi connectivity index (χ2v) is 6.49. The summed E-state index contributed by atoms with van der Waals surface area (Å²) in [7, 11) is 0. The Bertz CT molecular complexity index is 632. The first-order chi connectivity index (χ1) is 9.61. The van der Waals surface area contributed by atoms with Gasteiger partial charge in [0.15, 0.2) is 0 Å². The second-order valence-electron chi connectivity index (χ2n) is 6.08. The quantitative estimate of drug-likeness (QED) is 0.939. The summed E-state index contributed by atoms with van der Waals surface area (Å²) in [5, 5.41) is 1.80. The van der Waals surface area contributed by atoms with E-state index in [1.54, 1.807) is 0 Å². The number of aromatic nitrogens is 1. The van der Waals surface area contributed by atoms with Crippen LogP contribution in [-0.2, 0) is 6.54 Å². The minimum absolute atomic E-state index is 0. The average Bonchev–Trinajstić information content (AvgIpc) is 2.85. The molecule has 1 aliphatic rings. The van der Waals surface area contributed by atoms with Crippen molar-refractivity contribution in [2.24, 2.45) is 11.1 Å². The molecule has 1 fully saturated rings. The molecule has 2 N–H and O–H groups in total. The molecule has 0 saturated carbocycles. The average molecular weight is 326 g/mol. The number of pyridine rings is 1. The predicted molar refractivity (Wildman–Crippen MR) is 91.1 cm³/mol. The van der Waals surface area contributed by atoms with Gasteiger partial charge in [-0.3, -0.25) is 9.88 Å². The van der Waals surface area contributed by atoms with Crippen molar-refractivity contribution in [3.8, 4) is 0 Å². The standard InChI is InChI=1S/C16H20ClN3.ClH/c1-16(10-18)6-8-20(11-16)9-12-4-5-14(17)13-3-2-7-19-15(12)13;/h2-5,7H,6,8-11,18H2,1H3;1H. The topological polar surface area (TPSA) is 42.1 Å². The van der Waals surface area contributed by atoms with Crippen LogP contribution in [0, 0.1) is 5.41 Å². The van der Waals surface area contributed by atoms with Gasteiger partial charge in [-0.25, -0.2) is 0 Å². The SMILES string of the molecule is CC1(CN)CCN(Cc2ccc(Cl)c3cccnc23)C1.Cl. The van der Waals surface area contributed by atoms with Gasteiger partial charge in [0.25, 0.3) is 0 Å². The molecule has 2 aromatic rings. The van der Waals surface area contributed by atoms with Crippen LogP contribution in [0.15, 0.2) is 30.5 Å². The molecule has 21 heavy (non-hydrogen) atoms. The van der Waals surface area contributed by atoms with Crippen molar-refractivity contribution in [3.05, 3.63) is 41.0 Å². The normalized spacial score (nSPS) is 22.4. The van der Waals surface area contributed by atoms with Gasteiger partial charge in [0.1, 0.15) is 0 Å². The molecule has 1 atom stereocenters. The summed E-state index contributed by atoms with van der Waals surface area (Å²) < 4.78 is 0. The smallest absolute Gasteiger partial charge is 0.0761 e. The number of benzene rings is 1. The van der Waals surface area contributed by atoms with E-state index in [1.807, 2.05) is 24.4 Å². The molecule has 0 bridgehead atoms. The molecule has 1 unspecified atom stereocenters. The number of nitrogens with zero attached hydrogens (tertiary/aromatic N) is 2.